The first-order chi connectivity index (χ1) is 9.69. The third-order valence-electron chi connectivity index (χ3n) is 4.81. The van der Waals surface area contributed by atoms with Crippen molar-refractivity contribution in [3.8, 4) is 0 Å². The van der Waals surface area contributed by atoms with E-state index in [4.69, 9.17) is 5.73 Å². The highest BCUT2D eigenvalue weighted by Crippen LogP contribution is 2.36. The highest BCUT2D eigenvalue weighted by atomic mass is 32.1. The highest BCUT2D eigenvalue weighted by Gasteiger charge is 2.32. The largest absolute Gasteiger partial charge is 0.326 e. The second-order valence-corrected chi connectivity index (χ2v) is 7.05. The van der Waals surface area contributed by atoms with Gasteiger partial charge >= 0.3 is 0 Å². The van der Waals surface area contributed by atoms with Crippen molar-refractivity contribution in [1.29, 1.82) is 0 Å². The number of thiophene rings is 1. The maximum absolute atomic E-state index is 6.53. The van der Waals surface area contributed by atoms with Crippen LogP contribution in [0.3, 0.4) is 0 Å². The summed E-state index contributed by atoms with van der Waals surface area (Å²) in [6, 6.07) is 3.63. The third kappa shape index (κ3) is 3.44. The van der Waals surface area contributed by atoms with Crippen LogP contribution in [-0.2, 0) is 0 Å². The number of rotatable bonds is 6. The van der Waals surface area contributed by atoms with Crippen LogP contribution in [0.15, 0.2) is 11.4 Å². The van der Waals surface area contributed by atoms with Crippen molar-refractivity contribution in [2.24, 2.45) is 5.73 Å². The highest BCUT2D eigenvalue weighted by molar-refractivity contribution is 7.10. The van der Waals surface area contributed by atoms with Crippen molar-refractivity contribution in [2.75, 3.05) is 6.54 Å². The number of hydrogen-bond donors (Lipinski definition) is 1. The SMILES string of the molecule is CCC(N)C(c1sccc1C)N(CC)C1CCCCC1. The van der Waals surface area contributed by atoms with Gasteiger partial charge < -0.3 is 5.73 Å². The van der Waals surface area contributed by atoms with Gasteiger partial charge in [-0.1, -0.05) is 33.1 Å². The van der Waals surface area contributed by atoms with E-state index < -0.39 is 0 Å². The first kappa shape index (κ1) is 16.0. The predicted molar refractivity (Wildman–Crippen MR) is 89.3 cm³/mol. The van der Waals surface area contributed by atoms with Gasteiger partial charge in [0.25, 0.3) is 0 Å². The van der Waals surface area contributed by atoms with Crippen molar-refractivity contribution in [3.05, 3.63) is 21.9 Å². The second-order valence-electron chi connectivity index (χ2n) is 6.11. The van der Waals surface area contributed by atoms with Gasteiger partial charge in [-0.2, -0.15) is 0 Å². The van der Waals surface area contributed by atoms with E-state index in [0.717, 1.165) is 19.0 Å². The number of aryl methyl sites for hydroxylation is 1. The summed E-state index contributed by atoms with van der Waals surface area (Å²) in [7, 11) is 0. The molecule has 1 fully saturated rings. The van der Waals surface area contributed by atoms with Crippen LogP contribution >= 0.6 is 11.3 Å². The maximum Gasteiger partial charge on any atom is 0.0598 e. The minimum Gasteiger partial charge on any atom is -0.326 e. The molecule has 2 nitrogen and oxygen atoms in total. The molecule has 1 aromatic rings. The van der Waals surface area contributed by atoms with E-state index in [1.807, 2.05) is 11.3 Å². The molecule has 0 aliphatic heterocycles. The molecule has 1 saturated carbocycles. The number of hydrogen-bond acceptors (Lipinski definition) is 3. The van der Waals surface area contributed by atoms with Gasteiger partial charge in [-0.15, -0.1) is 11.3 Å². The first-order valence-corrected chi connectivity index (χ1v) is 9.12. The van der Waals surface area contributed by atoms with Crippen LogP contribution in [0, 0.1) is 6.92 Å². The molecule has 0 radical (unpaired) electrons. The van der Waals surface area contributed by atoms with Crippen molar-refractivity contribution < 1.29 is 0 Å². The summed E-state index contributed by atoms with van der Waals surface area (Å²) in [5.41, 5.74) is 7.94. The molecule has 2 rings (SSSR count). The van der Waals surface area contributed by atoms with Crippen molar-refractivity contribution >= 4 is 11.3 Å². The molecule has 0 saturated heterocycles. The normalized spacial score (nSPS) is 20.2. The zero-order valence-corrected chi connectivity index (χ0v) is 14.1. The number of likely N-dealkylation sites (N-methyl/N-ethyl adjacent to an activating group) is 1. The van der Waals surface area contributed by atoms with Crippen LogP contribution in [0.2, 0.25) is 0 Å². The fourth-order valence-corrected chi connectivity index (χ4v) is 4.72. The van der Waals surface area contributed by atoms with E-state index in [-0.39, 0.29) is 6.04 Å². The number of nitrogens with zero attached hydrogens (tertiary/aromatic N) is 1. The Kier molecular flexibility index (Phi) is 6.06. The van der Waals surface area contributed by atoms with Crippen molar-refractivity contribution in [1.82, 2.24) is 4.90 Å². The Labute approximate surface area is 128 Å². The van der Waals surface area contributed by atoms with Gasteiger partial charge in [-0.25, -0.2) is 0 Å². The minimum atomic E-state index is 0.245. The number of nitrogens with two attached hydrogens (primary N) is 1. The molecule has 0 amide bonds. The minimum absolute atomic E-state index is 0.245. The molecule has 1 aliphatic carbocycles. The van der Waals surface area contributed by atoms with E-state index >= 15 is 0 Å². The lowest BCUT2D eigenvalue weighted by Crippen LogP contribution is -2.46. The molecule has 0 bridgehead atoms. The van der Waals surface area contributed by atoms with Crippen LogP contribution in [-0.4, -0.2) is 23.5 Å². The molecule has 114 valence electrons. The Hall–Kier alpha value is -0.380. The quantitative estimate of drug-likeness (QED) is 0.837. The van der Waals surface area contributed by atoms with Gasteiger partial charge in [-0.05, 0) is 49.7 Å². The summed E-state index contributed by atoms with van der Waals surface area (Å²) in [4.78, 5) is 4.19. The van der Waals surface area contributed by atoms with Crippen LogP contribution in [0.1, 0.15) is 68.9 Å². The summed E-state index contributed by atoms with van der Waals surface area (Å²) in [5, 5.41) is 2.22. The van der Waals surface area contributed by atoms with Crippen LogP contribution in [0.4, 0.5) is 0 Å². The molecule has 2 atom stereocenters. The standard InChI is InChI=1S/C17H30N2S/c1-4-15(18)16(17-13(3)11-12-20-17)19(5-2)14-9-7-6-8-10-14/h11-12,14-16H,4-10,18H2,1-3H3. The topological polar surface area (TPSA) is 29.3 Å². The second kappa shape index (κ2) is 7.58. The van der Waals surface area contributed by atoms with E-state index in [1.165, 1.54) is 42.5 Å². The monoisotopic (exact) mass is 294 g/mol. The van der Waals surface area contributed by atoms with Crippen LogP contribution in [0.5, 0.6) is 0 Å². The summed E-state index contributed by atoms with van der Waals surface area (Å²) < 4.78 is 0. The van der Waals surface area contributed by atoms with Crippen molar-refractivity contribution in [3.63, 3.8) is 0 Å². The summed E-state index contributed by atoms with van der Waals surface area (Å²) in [6.45, 7) is 7.86. The third-order valence-corrected chi connectivity index (χ3v) is 5.90. The molecule has 1 heterocycles. The molecule has 2 unspecified atom stereocenters. The zero-order valence-electron chi connectivity index (χ0n) is 13.3. The zero-order chi connectivity index (χ0) is 14.5. The Balaban J connectivity index is 2.26. The predicted octanol–water partition coefficient (Wildman–Crippen LogP) is 4.49. The van der Waals surface area contributed by atoms with Gasteiger partial charge in [0.05, 0.1) is 6.04 Å². The molecule has 20 heavy (non-hydrogen) atoms. The molecule has 1 aliphatic rings. The molecular weight excluding hydrogens is 264 g/mol. The van der Waals surface area contributed by atoms with Gasteiger partial charge in [0.2, 0.25) is 0 Å². The Morgan fingerprint density at radius 3 is 2.50 bits per heavy atom. The van der Waals surface area contributed by atoms with Crippen LogP contribution < -0.4 is 5.73 Å². The molecular formula is C17H30N2S. The van der Waals surface area contributed by atoms with Crippen LogP contribution in [0.25, 0.3) is 0 Å². The maximum atomic E-state index is 6.53. The Morgan fingerprint density at radius 1 is 1.30 bits per heavy atom. The van der Waals surface area contributed by atoms with Gasteiger partial charge in [0.15, 0.2) is 0 Å². The van der Waals surface area contributed by atoms with Gasteiger partial charge in [0, 0.05) is 17.0 Å². The summed E-state index contributed by atoms with van der Waals surface area (Å²) >= 11 is 1.89. The van der Waals surface area contributed by atoms with E-state index in [1.54, 1.807) is 0 Å². The van der Waals surface area contributed by atoms with Gasteiger partial charge in [0.1, 0.15) is 0 Å². The lowest BCUT2D eigenvalue weighted by atomic mass is 9.90. The molecule has 1 aromatic heterocycles. The summed E-state index contributed by atoms with van der Waals surface area (Å²) in [5.74, 6) is 0. The molecule has 2 N–H and O–H groups in total. The smallest absolute Gasteiger partial charge is 0.0598 e. The lowest BCUT2D eigenvalue weighted by Gasteiger charge is -2.41. The average Bonchev–Trinajstić information content (AvgIpc) is 2.90. The average molecular weight is 295 g/mol. The fourth-order valence-electron chi connectivity index (χ4n) is 3.60. The van der Waals surface area contributed by atoms with E-state index in [0.29, 0.717) is 6.04 Å². The Morgan fingerprint density at radius 2 is 2.00 bits per heavy atom. The Bertz CT molecular complexity index is 395. The van der Waals surface area contributed by atoms with Gasteiger partial charge in [-0.3, -0.25) is 4.90 Å². The fraction of sp³-hybridized carbons (Fsp3) is 0.765. The first-order valence-electron chi connectivity index (χ1n) is 8.24. The summed E-state index contributed by atoms with van der Waals surface area (Å²) in [6.07, 6.45) is 7.94. The van der Waals surface area contributed by atoms with Crippen molar-refractivity contribution in [2.45, 2.75) is 77.4 Å². The van der Waals surface area contributed by atoms with E-state index in [9.17, 15) is 0 Å². The molecule has 0 aromatic carbocycles. The molecule has 0 spiro atoms. The molecule has 3 heteroatoms. The van der Waals surface area contributed by atoms with E-state index in [2.05, 4.69) is 37.1 Å². The lowest BCUT2D eigenvalue weighted by molar-refractivity contribution is 0.0948.